The van der Waals surface area contributed by atoms with E-state index in [4.69, 9.17) is 19.4 Å². The average Bonchev–Trinajstić information content (AvgIpc) is 3.60. The van der Waals surface area contributed by atoms with Crippen molar-refractivity contribution >= 4 is 43.5 Å². The number of fused-ring (bicyclic) bond motifs is 6. The summed E-state index contributed by atoms with van der Waals surface area (Å²) in [5.41, 5.74) is 9.13. The first-order valence-electron chi connectivity index (χ1n) is 17.1. The van der Waals surface area contributed by atoms with E-state index in [1.54, 1.807) is 0 Å². The molecule has 0 saturated heterocycles. The second-order valence-electron chi connectivity index (χ2n) is 12.8. The zero-order chi connectivity index (χ0) is 33.7. The normalized spacial score (nSPS) is 11.5. The van der Waals surface area contributed by atoms with Crippen LogP contribution in [0.4, 0.5) is 0 Å². The van der Waals surface area contributed by atoms with Crippen molar-refractivity contribution in [2.24, 2.45) is 0 Å². The van der Waals surface area contributed by atoms with Gasteiger partial charge in [0.2, 0.25) is 0 Å². The lowest BCUT2D eigenvalue weighted by molar-refractivity contribution is 0.669. The van der Waals surface area contributed by atoms with Crippen molar-refractivity contribution in [3.8, 4) is 56.4 Å². The van der Waals surface area contributed by atoms with Gasteiger partial charge in [-0.1, -0.05) is 158 Å². The Morgan fingerprint density at radius 1 is 0.314 bits per heavy atom. The first kappa shape index (κ1) is 29.0. The molecule has 0 bridgehead atoms. The molecule has 51 heavy (non-hydrogen) atoms. The minimum atomic E-state index is 0.623. The summed E-state index contributed by atoms with van der Waals surface area (Å²) in [7, 11) is 0. The Hall–Kier alpha value is -6.91. The molecule has 0 atom stereocenters. The van der Waals surface area contributed by atoms with E-state index in [1.165, 1.54) is 16.3 Å². The molecular weight excluding hydrogens is 623 g/mol. The molecule has 0 N–H and O–H groups in total. The molecule has 0 aliphatic heterocycles. The van der Waals surface area contributed by atoms with E-state index in [2.05, 4.69) is 152 Å². The number of aromatic nitrogens is 3. The Kier molecular flexibility index (Phi) is 6.78. The summed E-state index contributed by atoms with van der Waals surface area (Å²) in [6.45, 7) is 0. The van der Waals surface area contributed by atoms with Crippen LogP contribution >= 0.6 is 0 Å². The fourth-order valence-electron chi connectivity index (χ4n) is 7.25. The van der Waals surface area contributed by atoms with Crippen LogP contribution in [0.2, 0.25) is 0 Å². The lowest BCUT2D eigenvalue weighted by Gasteiger charge is -2.13. The van der Waals surface area contributed by atoms with Gasteiger partial charge in [0.05, 0.1) is 0 Å². The van der Waals surface area contributed by atoms with Crippen LogP contribution in [0.1, 0.15) is 0 Å². The molecule has 0 saturated carbocycles. The van der Waals surface area contributed by atoms with Crippen LogP contribution in [0.25, 0.3) is 99.9 Å². The smallest absolute Gasteiger partial charge is 0.164 e. The third-order valence-corrected chi connectivity index (χ3v) is 9.75. The highest BCUT2D eigenvalue weighted by atomic mass is 16.3. The maximum Gasteiger partial charge on any atom is 0.164 e. The van der Waals surface area contributed by atoms with Crippen molar-refractivity contribution < 1.29 is 4.42 Å². The molecule has 0 fully saturated rings. The Morgan fingerprint density at radius 2 is 0.843 bits per heavy atom. The van der Waals surface area contributed by atoms with Crippen molar-refractivity contribution in [3.05, 3.63) is 176 Å². The number of furan rings is 1. The van der Waals surface area contributed by atoms with Crippen LogP contribution in [0, 0.1) is 0 Å². The molecule has 0 aliphatic carbocycles. The summed E-state index contributed by atoms with van der Waals surface area (Å²) in [5.74, 6) is 1.89. The van der Waals surface area contributed by atoms with Crippen LogP contribution < -0.4 is 0 Å². The van der Waals surface area contributed by atoms with Crippen LogP contribution in [0.5, 0.6) is 0 Å². The van der Waals surface area contributed by atoms with Gasteiger partial charge in [0.1, 0.15) is 11.2 Å². The lowest BCUT2D eigenvalue weighted by Crippen LogP contribution is -2.01. The van der Waals surface area contributed by atoms with Gasteiger partial charge in [0.25, 0.3) is 0 Å². The number of benzene rings is 8. The molecule has 238 valence electrons. The summed E-state index contributed by atoms with van der Waals surface area (Å²) < 4.78 is 6.18. The van der Waals surface area contributed by atoms with Gasteiger partial charge >= 0.3 is 0 Å². The summed E-state index contributed by atoms with van der Waals surface area (Å²) in [5, 5.41) is 6.86. The van der Waals surface area contributed by atoms with E-state index in [0.717, 1.165) is 66.1 Å². The van der Waals surface area contributed by atoms with Crippen molar-refractivity contribution in [2.45, 2.75) is 0 Å². The quantitative estimate of drug-likeness (QED) is 0.174. The van der Waals surface area contributed by atoms with Gasteiger partial charge in [0, 0.05) is 27.5 Å². The Labute approximate surface area is 294 Å². The van der Waals surface area contributed by atoms with Gasteiger partial charge in [-0.2, -0.15) is 0 Å². The third-order valence-electron chi connectivity index (χ3n) is 9.75. The molecule has 4 nitrogen and oxygen atoms in total. The zero-order valence-corrected chi connectivity index (χ0v) is 27.5. The SMILES string of the molecule is c1ccc(-c2ccc(-c3nc(-c4ccc(-c5cccc6oc7ccccc7c56)cc4)nc(-c4cc5ccccc5c5ccccc45)n3)cc2)cc1. The van der Waals surface area contributed by atoms with Gasteiger partial charge < -0.3 is 4.42 Å². The fraction of sp³-hybridized carbons (Fsp3) is 0. The molecule has 2 heterocycles. The highest BCUT2D eigenvalue weighted by Crippen LogP contribution is 2.38. The number of rotatable bonds is 5. The topological polar surface area (TPSA) is 51.8 Å². The molecule has 10 rings (SSSR count). The number of hydrogen-bond acceptors (Lipinski definition) is 4. The van der Waals surface area contributed by atoms with E-state index < -0.39 is 0 Å². The van der Waals surface area contributed by atoms with E-state index in [9.17, 15) is 0 Å². The Bertz CT molecular complexity index is 2890. The van der Waals surface area contributed by atoms with Crippen LogP contribution in [0.15, 0.2) is 180 Å². The summed E-state index contributed by atoms with van der Waals surface area (Å²) in [6, 6.07) is 61.0. The molecule has 0 amide bonds. The van der Waals surface area contributed by atoms with Gasteiger partial charge in [-0.05, 0) is 62.0 Å². The average molecular weight is 652 g/mol. The van der Waals surface area contributed by atoms with E-state index in [-0.39, 0.29) is 0 Å². The fourth-order valence-corrected chi connectivity index (χ4v) is 7.25. The van der Waals surface area contributed by atoms with Crippen molar-refractivity contribution in [1.29, 1.82) is 0 Å². The van der Waals surface area contributed by atoms with E-state index in [1.807, 2.05) is 24.3 Å². The van der Waals surface area contributed by atoms with Crippen molar-refractivity contribution in [2.75, 3.05) is 0 Å². The summed E-state index contributed by atoms with van der Waals surface area (Å²) in [6.07, 6.45) is 0. The minimum Gasteiger partial charge on any atom is -0.456 e. The highest BCUT2D eigenvalue weighted by Gasteiger charge is 2.17. The predicted molar refractivity (Wildman–Crippen MR) is 209 cm³/mol. The molecule has 0 radical (unpaired) electrons. The maximum atomic E-state index is 6.18. The Balaban J connectivity index is 1.13. The van der Waals surface area contributed by atoms with Crippen molar-refractivity contribution in [1.82, 2.24) is 15.0 Å². The molecule has 2 aromatic heterocycles. The zero-order valence-electron chi connectivity index (χ0n) is 27.5. The molecule has 8 aromatic carbocycles. The lowest BCUT2D eigenvalue weighted by atomic mass is 9.96. The molecule has 0 aliphatic rings. The Morgan fingerprint density at radius 3 is 1.59 bits per heavy atom. The van der Waals surface area contributed by atoms with E-state index in [0.29, 0.717) is 17.5 Å². The highest BCUT2D eigenvalue weighted by molar-refractivity contribution is 6.14. The largest absolute Gasteiger partial charge is 0.456 e. The molecule has 0 spiro atoms. The summed E-state index contributed by atoms with van der Waals surface area (Å²) >= 11 is 0. The first-order chi connectivity index (χ1) is 25.3. The second kappa shape index (κ2) is 11.9. The van der Waals surface area contributed by atoms with E-state index >= 15 is 0 Å². The standard InChI is InChI=1S/C47H29N3O/c1-2-11-30(12-3-1)31-21-25-33(26-22-31)45-48-46(50-47(49-45)41-29-35-13-4-5-14-36(35)38-15-6-7-16-39(38)41)34-27-23-32(24-28-34)37-18-10-20-43-44(37)40-17-8-9-19-42(40)51-43/h1-29H. The van der Waals surface area contributed by atoms with Gasteiger partial charge in [0.15, 0.2) is 17.5 Å². The molecular formula is C47H29N3O. The third kappa shape index (κ3) is 5.04. The van der Waals surface area contributed by atoms with Crippen LogP contribution in [0.3, 0.4) is 0 Å². The monoisotopic (exact) mass is 651 g/mol. The molecule has 10 aromatic rings. The number of para-hydroxylation sites is 1. The maximum absolute atomic E-state index is 6.18. The van der Waals surface area contributed by atoms with Crippen LogP contribution in [-0.2, 0) is 0 Å². The molecule has 0 unspecified atom stereocenters. The van der Waals surface area contributed by atoms with Crippen LogP contribution in [-0.4, -0.2) is 15.0 Å². The van der Waals surface area contributed by atoms with Gasteiger partial charge in [-0.15, -0.1) is 0 Å². The molecule has 4 heteroatoms. The van der Waals surface area contributed by atoms with Gasteiger partial charge in [-0.25, -0.2) is 15.0 Å². The minimum absolute atomic E-state index is 0.623. The first-order valence-corrected chi connectivity index (χ1v) is 17.1. The predicted octanol–water partition coefficient (Wildman–Crippen LogP) is 12.4. The number of hydrogen-bond donors (Lipinski definition) is 0. The number of nitrogens with zero attached hydrogens (tertiary/aromatic N) is 3. The second-order valence-corrected chi connectivity index (χ2v) is 12.8. The van der Waals surface area contributed by atoms with Gasteiger partial charge in [-0.3, -0.25) is 0 Å². The summed E-state index contributed by atoms with van der Waals surface area (Å²) in [4.78, 5) is 15.4. The van der Waals surface area contributed by atoms with Crippen molar-refractivity contribution in [3.63, 3.8) is 0 Å².